The minimum absolute atomic E-state index is 0.0577. The second-order valence-electron chi connectivity index (χ2n) is 8.40. The zero-order chi connectivity index (χ0) is 22.9. The lowest BCUT2D eigenvalue weighted by Crippen LogP contribution is -2.38. The summed E-state index contributed by atoms with van der Waals surface area (Å²) in [4.78, 5) is 16.5. The van der Waals surface area contributed by atoms with Crippen molar-refractivity contribution in [3.63, 3.8) is 0 Å². The predicted molar refractivity (Wildman–Crippen MR) is 133 cm³/mol. The molecule has 2 heterocycles. The van der Waals surface area contributed by atoms with Gasteiger partial charge in [0.1, 0.15) is 5.75 Å². The molecular formula is C27H27ClN2O3. The Morgan fingerprint density at radius 1 is 0.970 bits per heavy atom. The molecule has 1 aliphatic heterocycles. The molecule has 1 aliphatic rings. The summed E-state index contributed by atoms with van der Waals surface area (Å²) in [6, 6.07) is 17.5. The number of ether oxygens (including phenoxy) is 2. The van der Waals surface area contributed by atoms with E-state index in [-0.39, 0.29) is 5.78 Å². The number of para-hydroxylation sites is 1. The number of rotatable bonds is 6. The molecule has 1 aromatic heterocycles. The fourth-order valence-corrected chi connectivity index (χ4v) is 5.15. The molecule has 0 unspecified atom stereocenters. The number of fused-ring (bicyclic) bond motifs is 2. The van der Waals surface area contributed by atoms with Crippen LogP contribution in [-0.4, -0.2) is 55.2 Å². The monoisotopic (exact) mass is 462 g/mol. The summed E-state index contributed by atoms with van der Waals surface area (Å²) in [5.74, 6) is 0.707. The molecule has 33 heavy (non-hydrogen) atoms. The number of hydrogen-bond donors (Lipinski definition) is 0. The molecule has 1 fully saturated rings. The summed E-state index contributed by atoms with van der Waals surface area (Å²) < 4.78 is 13.4. The lowest BCUT2D eigenvalue weighted by molar-refractivity contribution is 0.0365. The lowest BCUT2D eigenvalue weighted by Gasteiger charge is -2.27. The van der Waals surface area contributed by atoms with Gasteiger partial charge in [0, 0.05) is 42.8 Å². The molecule has 5 nitrogen and oxygen atoms in total. The first-order chi connectivity index (χ1) is 16.1. The van der Waals surface area contributed by atoms with Crippen molar-refractivity contribution in [2.75, 3.05) is 40.0 Å². The first-order valence-electron chi connectivity index (χ1n) is 11.3. The van der Waals surface area contributed by atoms with Crippen molar-refractivity contribution in [2.45, 2.75) is 13.5 Å². The number of methoxy groups -OCH3 is 1. The Kier molecular flexibility index (Phi) is 6.11. The van der Waals surface area contributed by atoms with Crippen molar-refractivity contribution in [1.29, 1.82) is 0 Å². The van der Waals surface area contributed by atoms with Gasteiger partial charge in [0.25, 0.3) is 0 Å². The van der Waals surface area contributed by atoms with Crippen LogP contribution in [0, 0.1) is 6.92 Å². The maximum Gasteiger partial charge on any atom is 0.197 e. The second-order valence-corrected chi connectivity index (χ2v) is 8.80. The maximum absolute atomic E-state index is 14.1. The van der Waals surface area contributed by atoms with Crippen molar-refractivity contribution in [3.05, 3.63) is 76.4 Å². The summed E-state index contributed by atoms with van der Waals surface area (Å²) in [5, 5.41) is 3.22. The average Bonchev–Trinajstić information content (AvgIpc) is 3.14. The first kappa shape index (κ1) is 22.0. The minimum atomic E-state index is -0.0577. The lowest BCUT2D eigenvalue weighted by atomic mass is 9.95. The van der Waals surface area contributed by atoms with Gasteiger partial charge in [0.2, 0.25) is 0 Å². The quantitative estimate of drug-likeness (QED) is 0.363. The number of carbonyl (C=O) groups excluding carboxylic acids is 1. The highest BCUT2D eigenvalue weighted by Gasteiger charge is 2.26. The van der Waals surface area contributed by atoms with Crippen LogP contribution in [0.25, 0.3) is 21.7 Å². The molecule has 170 valence electrons. The molecule has 3 aromatic carbocycles. The topological polar surface area (TPSA) is 43.7 Å². The molecular weight excluding hydrogens is 436 g/mol. The van der Waals surface area contributed by atoms with Crippen LogP contribution >= 0.6 is 11.6 Å². The van der Waals surface area contributed by atoms with E-state index < -0.39 is 0 Å². The van der Waals surface area contributed by atoms with Crippen LogP contribution in [0.4, 0.5) is 0 Å². The van der Waals surface area contributed by atoms with Crippen LogP contribution < -0.4 is 4.74 Å². The van der Waals surface area contributed by atoms with Gasteiger partial charge in [0.05, 0.1) is 36.4 Å². The van der Waals surface area contributed by atoms with Gasteiger partial charge in [-0.25, -0.2) is 0 Å². The Labute approximate surface area is 198 Å². The molecule has 0 amide bonds. The molecule has 0 N–H and O–H groups in total. The van der Waals surface area contributed by atoms with Crippen molar-refractivity contribution in [3.8, 4) is 5.75 Å². The van der Waals surface area contributed by atoms with Crippen LogP contribution in [-0.2, 0) is 11.3 Å². The number of halogens is 1. The Morgan fingerprint density at radius 3 is 2.52 bits per heavy atom. The number of morpholine rings is 1. The fraction of sp³-hybridized carbons (Fsp3) is 0.296. The Hall–Kier alpha value is -2.86. The summed E-state index contributed by atoms with van der Waals surface area (Å²) in [5.41, 5.74) is 3.11. The van der Waals surface area contributed by atoms with E-state index in [0.717, 1.165) is 72.5 Å². The van der Waals surface area contributed by atoms with Crippen LogP contribution in [0.1, 0.15) is 21.6 Å². The molecule has 6 heteroatoms. The largest absolute Gasteiger partial charge is 0.495 e. The number of aromatic nitrogens is 1. The highest BCUT2D eigenvalue weighted by molar-refractivity contribution is 6.38. The maximum atomic E-state index is 14.1. The zero-order valence-electron chi connectivity index (χ0n) is 18.9. The van der Waals surface area contributed by atoms with Gasteiger partial charge in [-0.1, -0.05) is 54.1 Å². The van der Waals surface area contributed by atoms with Gasteiger partial charge in [0.15, 0.2) is 5.78 Å². The molecule has 5 rings (SSSR count). The van der Waals surface area contributed by atoms with E-state index in [1.54, 1.807) is 7.11 Å². The summed E-state index contributed by atoms with van der Waals surface area (Å²) >= 11 is 6.61. The normalized spacial score (nSPS) is 14.8. The number of ketones is 1. The molecule has 0 spiro atoms. The van der Waals surface area contributed by atoms with Crippen molar-refractivity contribution in [2.24, 2.45) is 0 Å². The smallest absolute Gasteiger partial charge is 0.197 e. The SMILES string of the molecule is COc1cccc2c(C(=O)c3c(Cl)ccc4ccccc34)c(C)n(CCN3CCOCC3)c12. The number of benzene rings is 3. The third-order valence-corrected chi connectivity index (χ3v) is 6.92. The predicted octanol–water partition coefficient (Wildman–Crippen LogP) is 5.33. The van der Waals surface area contributed by atoms with Crippen LogP contribution in [0.2, 0.25) is 5.02 Å². The van der Waals surface area contributed by atoms with Crippen molar-refractivity contribution < 1.29 is 14.3 Å². The van der Waals surface area contributed by atoms with Gasteiger partial charge in [-0.15, -0.1) is 0 Å². The molecule has 0 atom stereocenters. The van der Waals surface area contributed by atoms with E-state index >= 15 is 0 Å². The Bertz CT molecular complexity index is 1340. The molecule has 0 saturated carbocycles. The van der Waals surface area contributed by atoms with Gasteiger partial charge in [-0.05, 0) is 29.8 Å². The van der Waals surface area contributed by atoms with Crippen molar-refractivity contribution in [1.82, 2.24) is 9.47 Å². The third kappa shape index (κ3) is 3.90. The summed E-state index contributed by atoms with van der Waals surface area (Å²) in [6.07, 6.45) is 0. The molecule has 1 saturated heterocycles. The third-order valence-electron chi connectivity index (χ3n) is 6.60. The molecule has 4 aromatic rings. The molecule has 0 aliphatic carbocycles. The van der Waals surface area contributed by atoms with E-state index in [1.165, 1.54) is 0 Å². The molecule has 0 radical (unpaired) electrons. The van der Waals surface area contributed by atoms with E-state index in [0.29, 0.717) is 16.1 Å². The van der Waals surface area contributed by atoms with E-state index in [4.69, 9.17) is 21.1 Å². The second kappa shape index (κ2) is 9.18. The zero-order valence-corrected chi connectivity index (χ0v) is 19.7. The average molecular weight is 463 g/mol. The van der Waals surface area contributed by atoms with E-state index in [1.807, 2.05) is 61.5 Å². The van der Waals surface area contributed by atoms with Crippen LogP contribution in [0.15, 0.2) is 54.6 Å². The number of carbonyl (C=O) groups is 1. The van der Waals surface area contributed by atoms with Gasteiger partial charge in [-0.2, -0.15) is 0 Å². The van der Waals surface area contributed by atoms with Crippen LogP contribution in [0.5, 0.6) is 5.75 Å². The minimum Gasteiger partial charge on any atom is -0.495 e. The van der Waals surface area contributed by atoms with Gasteiger partial charge in [-0.3, -0.25) is 9.69 Å². The fourth-order valence-electron chi connectivity index (χ4n) is 4.90. The van der Waals surface area contributed by atoms with Crippen molar-refractivity contribution >= 4 is 39.1 Å². The van der Waals surface area contributed by atoms with Gasteiger partial charge < -0.3 is 14.0 Å². The standard InChI is InChI=1S/C27H27ClN2O3/c1-18-24(27(31)25-20-7-4-3-6-19(20)10-11-22(25)28)21-8-5-9-23(32-2)26(21)30(18)13-12-29-14-16-33-17-15-29/h3-11H,12-17H2,1-2H3. The molecule has 0 bridgehead atoms. The first-order valence-corrected chi connectivity index (χ1v) is 11.7. The highest BCUT2D eigenvalue weighted by atomic mass is 35.5. The van der Waals surface area contributed by atoms with Crippen LogP contribution in [0.3, 0.4) is 0 Å². The Balaban J connectivity index is 1.65. The highest BCUT2D eigenvalue weighted by Crippen LogP contribution is 2.36. The Morgan fingerprint density at radius 2 is 1.73 bits per heavy atom. The number of hydrogen-bond acceptors (Lipinski definition) is 4. The van der Waals surface area contributed by atoms with E-state index in [9.17, 15) is 4.79 Å². The summed E-state index contributed by atoms with van der Waals surface area (Å²) in [7, 11) is 1.67. The number of nitrogens with zero attached hydrogens (tertiary/aromatic N) is 2. The van der Waals surface area contributed by atoms with Gasteiger partial charge >= 0.3 is 0 Å². The van der Waals surface area contributed by atoms with E-state index in [2.05, 4.69) is 9.47 Å². The summed E-state index contributed by atoms with van der Waals surface area (Å²) in [6.45, 7) is 7.04.